The Morgan fingerprint density at radius 3 is 2.80 bits per heavy atom. The predicted octanol–water partition coefficient (Wildman–Crippen LogP) is 1.17. The first kappa shape index (κ1) is 10.4. The average Bonchev–Trinajstić information content (AvgIpc) is 2.31. The molecule has 82 valence electrons. The molecule has 1 aliphatic heterocycles. The summed E-state index contributed by atoms with van der Waals surface area (Å²) >= 11 is 0. The van der Waals surface area contributed by atoms with E-state index in [4.69, 9.17) is 4.74 Å². The van der Waals surface area contributed by atoms with Crippen LogP contribution < -0.4 is 10.1 Å². The Morgan fingerprint density at radius 1 is 1.40 bits per heavy atom. The highest BCUT2D eigenvalue weighted by Crippen LogP contribution is 2.12. The van der Waals surface area contributed by atoms with Crippen LogP contribution >= 0.6 is 0 Å². The Bertz CT molecular complexity index is 293. The van der Waals surface area contributed by atoms with Gasteiger partial charge >= 0.3 is 6.01 Å². The van der Waals surface area contributed by atoms with Crippen LogP contribution in [0.1, 0.15) is 24.8 Å². The first-order valence-electron chi connectivity index (χ1n) is 5.47. The molecule has 15 heavy (non-hydrogen) atoms. The molecular formula is C11H17N3O. The van der Waals surface area contributed by atoms with Crippen molar-refractivity contribution in [3.63, 3.8) is 0 Å². The van der Waals surface area contributed by atoms with Gasteiger partial charge in [0.05, 0.1) is 7.11 Å². The summed E-state index contributed by atoms with van der Waals surface area (Å²) in [6.07, 6.45) is 8.60. The van der Waals surface area contributed by atoms with E-state index in [1.165, 1.54) is 24.8 Å². The highest BCUT2D eigenvalue weighted by molar-refractivity contribution is 5.09. The van der Waals surface area contributed by atoms with E-state index < -0.39 is 0 Å². The van der Waals surface area contributed by atoms with Crippen LogP contribution in [0.25, 0.3) is 0 Å². The van der Waals surface area contributed by atoms with Gasteiger partial charge in [0.2, 0.25) is 0 Å². The van der Waals surface area contributed by atoms with Crippen LogP contribution in [0.3, 0.4) is 0 Å². The van der Waals surface area contributed by atoms with Crippen molar-refractivity contribution in [2.45, 2.75) is 31.7 Å². The highest BCUT2D eigenvalue weighted by Gasteiger charge is 2.13. The van der Waals surface area contributed by atoms with Crippen LogP contribution in [-0.4, -0.2) is 29.7 Å². The van der Waals surface area contributed by atoms with Gasteiger partial charge in [0.25, 0.3) is 0 Å². The molecule has 1 aliphatic rings. The third-order valence-corrected chi connectivity index (χ3v) is 2.76. The van der Waals surface area contributed by atoms with Crippen LogP contribution in [0.5, 0.6) is 6.01 Å². The van der Waals surface area contributed by atoms with E-state index in [1.54, 1.807) is 7.11 Å². The second-order valence-corrected chi connectivity index (χ2v) is 3.93. The van der Waals surface area contributed by atoms with E-state index in [-0.39, 0.29) is 0 Å². The minimum atomic E-state index is 0.440. The Morgan fingerprint density at radius 2 is 2.20 bits per heavy atom. The maximum atomic E-state index is 4.92. The number of nitrogens with zero attached hydrogens (tertiary/aromatic N) is 2. The van der Waals surface area contributed by atoms with E-state index in [2.05, 4.69) is 15.3 Å². The fourth-order valence-corrected chi connectivity index (χ4v) is 1.94. The summed E-state index contributed by atoms with van der Waals surface area (Å²) in [6, 6.07) is 1.03. The summed E-state index contributed by atoms with van der Waals surface area (Å²) in [7, 11) is 1.58. The van der Waals surface area contributed by atoms with E-state index in [0.29, 0.717) is 12.1 Å². The number of hydrogen-bond acceptors (Lipinski definition) is 4. The van der Waals surface area contributed by atoms with Crippen molar-refractivity contribution < 1.29 is 4.74 Å². The SMILES string of the molecule is COc1ncc(CC2CCCCN2)cn1. The highest BCUT2D eigenvalue weighted by atomic mass is 16.5. The van der Waals surface area contributed by atoms with E-state index in [1.807, 2.05) is 12.4 Å². The smallest absolute Gasteiger partial charge is 0.316 e. The zero-order valence-corrected chi connectivity index (χ0v) is 9.07. The lowest BCUT2D eigenvalue weighted by Crippen LogP contribution is -2.35. The van der Waals surface area contributed by atoms with Gasteiger partial charge in [-0.05, 0) is 31.4 Å². The standard InChI is InChI=1S/C11H17N3O/c1-15-11-13-7-9(8-14-11)6-10-4-2-3-5-12-10/h7-8,10,12H,2-6H2,1H3. The molecule has 4 heteroatoms. The van der Waals surface area contributed by atoms with Gasteiger partial charge in [-0.3, -0.25) is 0 Å². The Labute approximate surface area is 90.1 Å². The molecular weight excluding hydrogens is 190 g/mol. The molecule has 1 unspecified atom stereocenters. The average molecular weight is 207 g/mol. The van der Waals surface area contributed by atoms with Crippen molar-refractivity contribution >= 4 is 0 Å². The fraction of sp³-hybridized carbons (Fsp3) is 0.636. The summed E-state index contributed by atoms with van der Waals surface area (Å²) < 4.78 is 4.92. The lowest BCUT2D eigenvalue weighted by atomic mass is 9.99. The van der Waals surface area contributed by atoms with Gasteiger partial charge in [-0.25, -0.2) is 9.97 Å². The Hall–Kier alpha value is -1.16. The minimum absolute atomic E-state index is 0.440. The molecule has 4 nitrogen and oxygen atoms in total. The zero-order valence-electron chi connectivity index (χ0n) is 9.07. The molecule has 0 aromatic carbocycles. The molecule has 0 amide bonds. The molecule has 0 saturated carbocycles. The second kappa shape index (κ2) is 5.07. The topological polar surface area (TPSA) is 47.0 Å². The maximum Gasteiger partial charge on any atom is 0.316 e. The van der Waals surface area contributed by atoms with Crippen molar-refractivity contribution in [2.75, 3.05) is 13.7 Å². The Balaban J connectivity index is 1.91. The molecule has 0 aliphatic carbocycles. The quantitative estimate of drug-likeness (QED) is 0.808. The first-order chi connectivity index (χ1) is 7.38. The molecule has 2 heterocycles. The number of rotatable bonds is 3. The molecule has 0 spiro atoms. The van der Waals surface area contributed by atoms with Gasteiger partial charge in [0.15, 0.2) is 0 Å². The van der Waals surface area contributed by atoms with Crippen LogP contribution in [0.15, 0.2) is 12.4 Å². The molecule has 1 atom stereocenters. The summed E-state index contributed by atoms with van der Waals surface area (Å²) in [5.74, 6) is 0. The number of nitrogens with one attached hydrogen (secondary N) is 1. The Kier molecular flexibility index (Phi) is 3.50. The van der Waals surface area contributed by atoms with Crippen molar-refractivity contribution in [3.05, 3.63) is 18.0 Å². The van der Waals surface area contributed by atoms with Crippen molar-refractivity contribution in [1.29, 1.82) is 0 Å². The van der Waals surface area contributed by atoms with Crippen LogP contribution in [-0.2, 0) is 6.42 Å². The largest absolute Gasteiger partial charge is 0.467 e. The molecule has 1 saturated heterocycles. The van der Waals surface area contributed by atoms with Gasteiger partial charge in [-0.2, -0.15) is 0 Å². The van der Waals surface area contributed by atoms with Crippen LogP contribution in [0.4, 0.5) is 0 Å². The number of aromatic nitrogens is 2. The normalized spacial score (nSPS) is 21.3. The number of ether oxygens (including phenoxy) is 1. The predicted molar refractivity (Wildman–Crippen MR) is 57.9 cm³/mol. The fourth-order valence-electron chi connectivity index (χ4n) is 1.94. The lowest BCUT2D eigenvalue weighted by molar-refractivity contribution is 0.376. The lowest BCUT2D eigenvalue weighted by Gasteiger charge is -2.23. The van der Waals surface area contributed by atoms with Gasteiger partial charge in [0.1, 0.15) is 0 Å². The summed E-state index contributed by atoms with van der Waals surface area (Å²) in [5.41, 5.74) is 1.18. The van der Waals surface area contributed by atoms with Crippen molar-refractivity contribution in [2.24, 2.45) is 0 Å². The number of piperidine rings is 1. The molecule has 0 radical (unpaired) electrons. The molecule has 1 aromatic heterocycles. The maximum absolute atomic E-state index is 4.92. The van der Waals surface area contributed by atoms with Gasteiger partial charge in [-0.1, -0.05) is 6.42 Å². The third kappa shape index (κ3) is 2.89. The van der Waals surface area contributed by atoms with Crippen molar-refractivity contribution in [3.8, 4) is 6.01 Å². The zero-order chi connectivity index (χ0) is 10.5. The first-order valence-corrected chi connectivity index (χ1v) is 5.47. The van der Waals surface area contributed by atoms with E-state index >= 15 is 0 Å². The van der Waals surface area contributed by atoms with E-state index in [9.17, 15) is 0 Å². The number of methoxy groups -OCH3 is 1. The molecule has 2 rings (SSSR count). The number of hydrogen-bond donors (Lipinski definition) is 1. The molecule has 1 N–H and O–H groups in total. The monoisotopic (exact) mass is 207 g/mol. The molecule has 1 fully saturated rings. The molecule has 0 bridgehead atoms. The summed E-state index contributed by atoms with van der Waals surface area (Å²) in [4.78, 5) is 8.20. The third-order valence-electron chi connectivity index (χ3n) is 2.76. The van der Waals surface area contributed by atoms with E-state index in [0.717, 1.165) is 13.0 Å². The molecule has 1 aromatic rings. The second-order valence-electron chi connectivity index (χ2n) is 3.93. The van der Waals surface area contributed by atoms with Gasteiger partial charge in [-0.15, -0.1) is 0 Å². The van der Waals surface area contributed by atoms with Crippen molar-refractivity contribution in [1.82, 2.24) is 15.3 Å². The minimum Gasteiger partial charge on any atom is -0.467 e. The van der Waals surface area contributed by atoms with Crippen LogP contribution in [0.2, 0.25) is 0 Å². The van der Waals surface area contributed by atoms with Crippen LogP contribution in [0, 0.1) is 0 Å². The van der Waals surface area contributed by atoms with Gasteiger partial charge in [0, 0.05) is 18.4 Å². The summed E-state index contributed by atoms with van der Waals surface area (Å²) in [5, 5.41) is 3.51. The van der Waals surface area contributed by atoms with Gasteiger partial charge < -0.3 is 10.1 Å². The summed E-state index contributed by atoms with van der Waals surface area (Å²) in [6.45, 7) is 1.14.